The van der Waals surface area contributed by atoms with E-state index in [1.807, 2.05) is 34.5 Å². The van der Waals surface area contributed by atoms with Crippen molar-refractivity contribution in [3.05, 3.63) is 35.3 Å². The molecule has 3 rings (SSSR count). The molecule has 1 aromatic heterocycles. The molecule has 142 valence electrons. The molecule has 1 aliphatic heterocycles. The van der Waals surface area contributed by atoms with Crippen molar-refractivity contribution in [2.75, 3.05) is 19.7 Å². The first kappa shape index (κ1) is 20.7. The smallest absolute Gasteiger partial charge is 0.273 e. The minimum atomic E-state index is 0. The van der Waals surface area contributed by atoms with Gasteiger partial charge < -0.3 is 15.4 Å². The van der Waals surface area contributed by atoms with Crippen LogP contribution in [0, 0.1) is 0 Å². The van der Waals surface area contributed by atoms with Gasteiger partial charge in [-0.15, -0.1) is 23.7 Å². The van der Waals surface area contributed by atoms with Crippen molar-refractivity contribution >= 4 is 29.7 Å². The summed E-state index contributed by atoms with van der Waals surface area (Å²) >= 11 is 1.50. The van der Waals surface area contributed by atoms with Gasteiger partial charge in [-0.3, -0.25) is 4.79 Å². The van der Waals surface area contributed by atoms with Crippen LogP contribution in [-0.4, -0.2) is 41.5 Å². The van der Waals surface area contributed by atoms with Gasteiger partial charge in [0.1, 0.15) is 16.5 Å². The summed E-state index contributed by atoms with van der Waals surface area (Å²) in [4.78, 5) is 19.2. The van der Waals surface area contributed by atoms with Crippen molar-refractivity contribution in [1.29, 1.82) is 0 Å². The Labute approximate surface area is 165 Å². The number of hydrogen-bond acceptors (Lipinski definition) is 5. The van der Waals surface area contributed by atoms with E-state index in [2.05, 4.69) is 11.9 Å². The van der Waals surface area contributed by atoms with Crippen LogP contribution in [0.15, 0.2) is 29.6 Å². The van der Waals surface area contributed by atoms with Crippen molar-refractivity contribution in [1.82, 2.24) is 9.88 Å². The molecule has 0 spiro atoms. The number of nitrogens with two attached hydrogens (primary N) is 1. The fourth-order valence-electron chi connectivity index (χ4n) is 3.08. The second-order valence-electron chi connectivity index (χ2n) is 6.29. The van der Waals surface area contributed by atoms with Crippen LogP contribution < -0.4 is 10.5 Å². The van der Waals surface area contributed by atoms with Crippen molar-refractivity contribution in [2.24, 2.45) is 5.73 Å². The van der Waals surface area contributed by atoms with Crippen LogP contribution in [-0.2, 0) is 0 Å². The highest BCUT2D eigenvalue weighted by molar-refractivity contribution is 7.13. The highest BCUT2D eigenvalue weighted by Gasteiger charge is 2.27. The Morgan fingerprint density at radius 1 is 1.35 bits per heavy atom. The highest BCUT2D eigenvalue weighted by atomic mass is 35.5. The maximum absolute atomic E-state index is 12.8. The molecule has 1 fully saturated rings. The summed E-state index contributed by atoms with van der Waals surface area (Å²) in [6.07, 6.45) is 4.15. The van der Waals surface area contributed by atoms with Crippen LogP contribution in [0.25, 0.3) is 10.6 Å². The lowest BCUT2D eigenvalue weighted by Gasteiger charge is -2.34. The van der Waals surface area contributed by atoms with E-state index in [0.29, 0.717) is 18.8 Å². The molecule has 26 heavy (non-hydrogen) atoms. The molecule has 0 aliphatic carbocycles. The topological polar surface area (TPSA) is 68.5 Å². The molecule has 1 amide bonds. The number of carbonyl (C=O) groups is 1. The minimum absolute atomic E-state index is 0. The van der Waals surface area contributed by atoms with Gasteiger partial charge in [0, 0.05) is 30.1 Å². The lowest BCUT2D eigenvalue weighted by atomic mass is 10.0. The monoisotopic (exact) mass is 395 g/mol. The summed E-state index contributed by atoms with van der Waals surface area (Å²) in [5.74, 6) is 0.859. The second kappa shape index (κ2) is 9.90. The van der Waals surface area contributed by atoms with E-state index in [-0.39, 0.29) is 24.4 Å². The summed E-state index contributed by atoms with van der Waals surface area (Å²) in [5.41, 5.74) is 7.35. The van der Waals surface area contributed by atoms with Gasteiger partial charge in [-0.25, -0.2) is 4.98 Å². The minimum Gasteiger partial charge on any atom is -0.494 e. The van der Waals surface area contributed by atoms with Gasteiger partial charge in [-0.2, -0.15) is 0 Å². The normalized spacial score (nSPS) is 16.8. The Hall–Kier alpha value is -1.63. The quantitative estimate of drug-likeness (QED) is 0.803. The van der Waals surface area contributed by atoms with E-state index in [1.165, 1.54) is 11.3 Å². The third kappa shape index (κ3) is 4.75. The van der Waals surface area contributed by atoms with Gasteiger partial charge >= 0.3 is 0 Å². The van der Waals surface area contributed by atoms with E-state index in [9.17, 15) is 4.79 Å². The zero-order valence-corrected chi connectivity index (χ0v) is 16.7. The Morgan fingerprint density at radius 2 is 2.12 bits per heavy atom. The molecule has 1 atom stereocenters. The molecule has 2 N–H and O–H groups in total. The number of thiazole rings is 1. The molecule has 0 bridgehead atoms. The molecule has 5 nitrogen and oxygen atoms in total. The highest BCUT2D eigenvalue weighted by Crippen LogP contribution is 2.27. The van der Waals surface area contributed by atoms with E-state index in [0.717, 1.165) is 48.5 Å². The molecular weight excluding hydrogens is 370 g/mol. The molecular formula is C19H26ClN3O2S. The Morgan fingerprint density at radius 3 is 2.81 bits per heavy atom. The second-order valence-corrected chi connectivity index (χ2v) is 7.15. The molecule has 1 saturated heterocycles. The maximum Gasteiger partial charge on any atom is 0.273 e. The largest absolute Gasteiger partial charge is 0.494 e. The fourth-order valence-corrected chi connectivity index (χ4v) is 3.88. The van der Waals surface area contributed by atoms with Gasteiger partial charge in [-0.1, -0.05) is 6.92 Å². The summed E-state index contributed by atoms with van der Waals surface area (Å²) < 4.78 is 5.60. The zero-order chi connectivity index (χ0) is 17.6. The van der Waals surface area contributed by atoms with E-state index in [1.54, 1.807) is 0 Å². The van der Waals surface area contributed by atoms with Crippen LogP contribution in [0.4, 0.5) is 0 Å². The number of halogens is 1. The number of aromatic nitrogens is 1. The summed E-state index contributed by atoms with van der Waals surface area (Å²) in [7, 11) is 0. The average Bonchev–Trinajstić information content (AvgIpc) is 3.16. The number of hydrogen-bond donors (Lipinski definition) is 1. The fraction of sp³-hybridized carbons (Fsp3) is 0.474. The van der Waals surface area contributed by atoms with Crippen molar-refractivity contribution in [2.45, 2.75) is 38.6 Å². The molecule has 0 radical (unpaired) electrons. The third-order valence-electron chi connectivity index (χ3n) is 4.46. The Balaban J connectivity index is 0.00000243. The predicted molar refractivity (Wildman–Crippen MR) is 108 cm³/mol. The third-order valence-corrected chi connectivity index (χ3v) is 5.35. The number of carbonyl (C=O) groups excluding carboxylic acids is 1. The van der Waals surface area contributed by atoms with Crippen LogP contribution in [0.5, 0.6) is 5.75 Å². The predicted octanol–water partition coefficient (Wildman–Crippen LogP) is 3.97. The van der Waals surface area contributed by atoms with E-state index < -0.39 is 0 Å². The molecule has 1 unspecified atom stereocenters. The number of likely N-dealkylation sites (tertiary alicyclic amines) is 1. The summed E-state index contributed by atoms with van der Waals surface area (Å²) in [6, 6.07) is 8.01. The first-order valence-corrected chi connectivity index (χ1v) is 9.80. The lowest BCUT2D eigenvalue weighted by Crippen LogP contribution is -2.47. The summed E-state index contributed by atoms with van der Waals surface area (Å²) in [6.45, 7) is 4.09. The van der Waals surface area contributed by atoms with Crippen LogP contribution in [0.1, 0.15) is 43.1 Å². The Kier molecular flexibility index (Phi) is 7.87. The van der Waals surface area contributed by atoms with E-state index >= 15 is 0 Å². The number of rotatable bonds is 6. The summed E-state index contributed by atoms with van der Waals surface area (Å²) in [5, 5.41) is 2.70. The standard InChI is InChI=1S/C19H25N3O2S.ClH/c1-2-11-24-16-8-6-14(7-9-16)18-21-17(13-25-18)19(23)22-10-4-3-5-15(22)12-20;/h6-9,13,15H,2-5,10-12,20H2,1H3;1H. The number of benzene rings is 1. The van der Waals surface area contributed by atoms with Gasteiger partial charge in [0.2, 0.25) is 0 Å². The first-order chi connectivity index (χ1) is 12.2. The first-order valence-electron chi connectivity index (χ1n) is 8.92. The molecule has 7 heteroatoms. The molecule has 2 aromatic rings. The zero-order valence-electron chi connectivity index (χ0n) is 15.0. The van der Waals surface area contributed by atoms with Gasteiger partial charge in [-0.05, 0) is 49.9 Å². The van der Waals surface area contributed by atoms with Gasteiger partial charge in [0.05, 0.1) is 6.61 Å². The number of ether oxygens (including phenoxy) is 1. The van der Waals surface area contributed by atoms with Crippen molar-refractivity contribution in [3.8, 4) is 16.3 Å². The molecule has 1 aliphatic rings. The number of nitrogens with zero attached hydrogens (tertiary/aromatic N) is 2. The van der Waals surface area contributed by atoms with Crippen LogP contribution in [0.3, 0.4) is 0 Å². The molecule has 2 heterocycles. The lowest BCUT2D eigenvalue weighted by molar-refractivity contribution is 0.0618. The SMILES string of the molecule is CCCOc1ccc(-c2nc(C(=O)N3CCCCC3CN)cs2)cc1.Cl. The molecule has 0 saturated carbocycles. The number of piperidine rings is 1. The van der Waals surface area contributed by atoms with Gasteiger partial charge in [0.15, 0.2) is 0 Å². The maximum atomic E-state index is 12.8. The van der Waals surface area contributed by atoms with Crippen molar-refractivity contribution in [3.63, 3.8) is 0 Å². The van der Waals surface area contributed by atoms with Gasteiger partial charge in [0.25, 0.3) is 5.91 Å². The van der Waals surface area contributed by atoms with Crippen molar-refractivity contribution < 1.29 is 9.53 Å². The van der Waals surface area contributed by atoms with Crippen LogP contribution in [0.2, 0.25) is 0 Å². The average molecular weight is 396 g/mol. The Bertz CT molecular complexity index is 705. The number of amides is 1. The van der Waals surface area contributed by atoms with Crippen LogP contribution >= 0.6 is 23.7 Å². The molecule has 1 aromatic carbocycles. The van der Waals surface area contributed by atoms with E-state index in [4.69, 9.17) is 10.5 Å².